The zero-order valence-corrected chi connectivity index (χ0v) is 13.9. The fraction of sp³-hybridized carbons (Fsp3) is 0.706. The second kappa shape index (κ2) is 5.88. The lowest BCUT2D eigenvalue weighted by atomic mass is 10.1. The highest BCUT2D eigenvalue weighted by molar-refractivity contribution is 5.84. The van der Waals surface area contributed by atoms with Gasteiger partial charge in [0.2, 0.25) is 5.91 Å². The Morgan fingerprint density at radius 2 is 1.92 bits per heavy atom. The van der Waals surface area contributed by atoms with Crippen LogP contribution >= 0.6 is 0 Å². The summed E-state index contributed by atoms with van der Waals surface area (Å²) in [6.07, 6.45) is 7.49. The van der Waals surface area contributed by atoms with Crippen LogP contribution in [0.4, 0.5) is 0 Å². The van der Waals surface area contributed by atoms with Crippen molar-refractivity contribution in [1.29, 1.82) is 0 Å². The van der Waals surface area contributed by atoms with Gasteiger partial charge in [0.05, 0.1) is 24.5 Å². The molecule has 130 valence electrons. The number of amides is 1. The number of rotatable bonds is 6. The predicted octanol–water partition coefficient (Wildman–Crippen LogP) is 0.994. The molecule has 4 rings (SSSR count). The van der Waals surface area contributed by atoms with Gasteiger partial charge in [-0.1, -0.05) is 0 Å². The van der Waals surface area contributed by atoms with Gasteiger partial charge >= 0.3 is 5.97 Å². The molecule has 3 aliphatic rings. The minimum absolute atomic E-state index is 0.0476. The Kier molecular flexibility index (Phi) is 3.83. The number of nitrogens with one attached hydrogen (secondary N) is 1. The first kappa shape index (κ1) is 15.6. The minimum atomic E-state index is -0.806. The lowest BCUT2D eigenvalue weighted by molar-refractivity contribution is -0.143. The summed E-state index contributed by atoms with van der Waals surface area (Å²) in [5.74, 6) is -0.259. The average Bonchev–Trinajstić information content (AvgIpc) is 3.48. The van der Waals surface area contributed by atoms with E-state index >= 15 is 0 Å². The van der Waals surface area contributed by atoms with E-state index in [2.05, 4.69) is 10.4 Å². The maximum Gasteiger partial charge on any atom is 0.320 e. The topological polar surface area (TPSA) is 87.5 Å². The summed E-state index contributed by atoms with van der Waals surface area (Å²) >= 11 is 0. The summed E-state index contributed by atoms with van der Waals surface area (Å²) in [6, 6.07) is -0.550. The van der Waals surface area contributed by atoms with Crippen molar-refractivity contribution < 1.29 is 14.7 Å². The van der Waals surface area contributed by atoms with Gasteiger partial charge in [-0.25, -0.2) is 0 Å². The monoisotopic (exact) mass is 332 g/mol. The van der Waals surface area contributed by atoms with Crippen molar-refractivity contribution in [2.45, 2.75) is 69.1 Å². The van der Waals surface area contributed by atoms with Crippen LogP contribution in [0.5, 0.6) is 0 Å². The molecule has 2 N–H and O–H groups in total. The van der Waals surface area contributed by atoms with Gasteiger partial charge in [-0.3, -0.25) is 19.2 Å². The molecule has 1 saturated heterocycles. The van der Waals surface area contributed by atoms with E-state index in [0.29, 0.717) is 25.3 Å². The molecule has 3 fully saturated rings. The second-order valence-electron chi connectivity index (χ2n) is 7.29. The van der Waals surface area contributed by atoms with Gasteiger partial charge in [-0.15, -0.1) is 0 Å². The summed E-state index contributed by atoms with van der Waals surface area (Å²) in [5, 5.41) is 16.7. The number of carbonyl (C=O) groups excluding carboxylic acids is 1. The first-order valence-electron chi connectivity index (χ1n) is 8.85. The number of carbonyl (C=O) groups is 2. The van der Waals surface area contributed by atoms with Crippen molar-refractivity contribution in [3.8, 4) is 0 Å². The molecule has 0 bridgehead atoms. The van der Waals surface area contributed by atoms with E-state index in [-0.39, 0.29) is 18.0 Å². The van der Waals surface area contributed by atoms with Crippen molar-refractivity contribution in [2.75, 3.05) is 0 Å². The number of carboxylic acid groups (broad SMARTS) is 1. The first-order valence-corrected chi connectivity index (χ1v) is 8.85. The van der Waals surface area contributed by atoms with Gasteiger partial charge in [-0.2, -0.15) is 5.10 Å². The number of aliphatic carboxylic acids is 1. The Morgan fingerprint density at radius 1 is 1.21 bits per heavy atom. The van der Waals surface area contributed by atoms with Crippen molar-refractivity contribution in [3.63, 3.8) is 0 Å². The minimum Gasteiger partial charge on any atom is -0.480 e. The van der Waals surface area contributed by atoms with Crippen LogP contribution in [0.2, 0.25) is 0 Å². The van der Waals surface area contributed by atoms with Gasteiger partial charge in [0.15, 0.2) is 0 Å². The number of aryl methyl sites for hydroxylation is 1. The van der Waals surface area contributed by atoms with Crippen molar-refractivity contribution in [2.24, 2.45) is 7.05 Å². The number of carboxylic acids is 1. The SMILES string of the molecule is Cn1ncc(C2CC2)c1CNC(=O)C1CCC(C(=O)O)N1C1CC1. The van der Waals surface area contributed by atoms with Crippen LogP contribution in [0, 0.1) is 0 Å². The molecule has 1 amide bonds. The second-order valence-corrected chi connectivity index (χ2v) is 7.29. The quantitative estimate of drug-likeness (QED) is 0.811. The van der Waals surface area contributed by atoms with Crippen molar-refractivity contribution in [1.82, 2.24) is 20.0 Å². The van der Waals surface area contributed by atoms with Crippen LogP contribution in [0.3, 0.4) is 0 Å². The van der Waals surface area contributed by atoms with E-state index in [1.807, 2.05) is 22.8 Å². The van der Waals surface area contributed by atoms with Crippen LogP contribution in [0.15, 0.2) is 6.20 Å². The van der Waals surface area contributed by atoms with E-state index in [1.165, 1.54) is 18.4 Å². The van der Waals surface area contributed by atoms with E-state index in [0.717, 1.165) is 18.5 Å². The van der Waals surface area contributed by atoms with Crippen molar-refractivity contribution in [3.05, 3.63) is 17.5 Å². The third-order valence-electron chi connectivity index (χ3n) is 5.53. The molecule has 1 aromatic heterocycles. The Bertz CT molecular complexity index is 663. The fourth-order valence-electron chi connectivity index (χ4n) is 3.95. The molecule has 7 nitrogen and oxygen atoms in total. The van der Waals surface area contributed by atoms with Gasteiger partial charge in [0, 0.05) is 13.1 Å². The molecule has 2 heterocycles. The molecular formula is C17H24N4O3. The summed E-state index contributed by atoms with van der Waals surface area (Å²) in [7, 11) is 1.90. The Morgan fingerprint density at radius 3 is 2.54 bits per heavy atom. The highest BCUT2D eigenvalue weighted by atomic mass is 16.4. The van der Waals surface area contributed by atoms with E-state index in [9.17, 15) is 14.7 Å². The predicted molar refractivity (Wildman–Crippen MR) is 86.3 cm³/mol. The van der Waals surface area contributed by atoms with Gasteiger partial charge in [0.1, 0.15) is 6.04 Å². The van der Waals surface area contributed by atoms with Crippen LogP contribution in [0.1, 0.15) is 55.7 Å². The van der Waals surface area contributed by atoms with Crippen LogP contribution in [0.25, 0.3) is 0 Å². The number of hydrogen-bond acceptors (Lipinski definition) is 4. The zero-order valence-electron chi connectivity index (χ0n) is 13.9. The van der Waals surface area contributed by atoms with E-state index in [4.69, 9.17) is 0 Å². The number of hydrogen-bond donors (Lipinski definition) is 2. The van der Waals surface area contributed by atoms with Crippen molar-refractivity contribution >= 4 is 11.9 Å². The maximum absolute atomic E-state index is 12.7. The molecule has 0 spiro atoms. The van der Waals surface area contributed by atoms with E-state index in [1.54, 1.807) is 0 Å². The van der Waals surface area contributed by atoms with E-state index < -0.39 is 12.0 Å². The summed E-state index contributed by atoms with van der Waals surface area (Å²) < 4.78 is 1.83. The largest absolute Gasteiger partial charge is 0.480 e. The Balaban J connectivity index is 1.43. The molecule has 1 aromatic rings. The summed E-state index contributed by atoms with van der Waals surface area (Å²) in [5.41, 5.74) is 2.31. The zero-order chi connectivity index (χ0) is 16.8. The van der Waals surface area contributed by atoms with Crippen LogP contribution in [-0.4, -0.2) is 49.8 Å². The normalized spacial score (nSPS) is 27.4. The summed E-state index contributed by atoms with van der Waals surface area (Å²) in [4.78, 5) is 26.1. The molecule has 2 atom stereocenters. The highest BCUT2D eigenvalue weighted by Gasteiger charge is 2.48. The molecule has 0 radical (unpaired) electrons. The molecule has 2 aliphatic carbocycles. The molecule has 1 aliphatic heterocycles. The Hall–Kier alpha value is -1.89. The lowest BCUT2D eigenvalue weighted by Crippen LogP contribution is -2.49. The number of nitrogens with zero attached hydrogens (tertiary/aromatic N) is 3. The van der Waals surface area contributed by atoms with Gasteiger partial charge < -0.3 is 10.4 Å². The van der Waals surface area contributed by atoms with Crippen LogP contribution in [-0.2, 0) is 23.2 Å². The standard InChI is InChI=1S/C17H24N4O3/c1-20-15(12(8-19-20)10-2-3-10)9-18-16(22)13-6-7-14(17(23)24)21(13)11-4-5-11/h8,10-11,13-14H,2-7,9H2,1H3,(H,18,22)(H,23,24). The molecular weight excluding hydrogens is 308 g/mol. The van der Waals surface area contributed by atoms with Crippen LogP contribution < -0.4 is 5.32 Å². The third kappa shape index (κ3) is 2.81. The molecule has 2 saturated carbocycles. The first-order chi connectivity index (χ1) is 11.6. The fourth-order valence-corrected chi connectivity index (χ4v) is 3.95. The molecule has 2 unspecified atom stereocenters. The maximum atomic E-state index is 12.7. The highest BCUT2D eigenvalue weighted by Crippen LogP contribution is 2.41. The third-order valence-corrected chi connectivity index (χ3v) is 5.53. The summed E-state index contributed by atoms with van der Waals surface area (Å²) in [6.45, 7) is 0.466. The average molecular weight is 332 g/mol. The molecule has 24 heavy (non-hydrogen) atoms. The number of aromatic nitrogens is 2. The molecule has 0 aromatic carbocycles. The smallest absolute Gasteiger partial charge is 0.320 e. The lowest BCUT2D eigenvalue weighted by Gasteiger charge is -2.27. The van der Waals surface area contributed by atoms with Gasteiger partial charge in [-0.05, 0) is 50.0 Å². The van der Waals surface area contributed by atoms with Gasteiger partial charge in [0.25, 0.3) is 0 Å². The molecule has 7 heteroatoms. The Labute approximate surface area is 141 Å². The number of likely N-dealkylation sites (tertiary alicyclic amines) is 1.